The first-order valence-corrected chi connectivity index (χ1v) is 4.43. The van der Waals surface area contributed by atoms with Crippen LogP contribution >= 0.6 is 0 Å². The molecule has 4 heteroatoms. The lowest BCUT2D eigenvalue weighted by atomic mass is 10.1. The zero-order valence-corrected chi connectivity index (χ0v) is 7.56. The van der Waals surface area contributed by atoms with Crippen molar-refractivity contribution in [2.75, 3.05) is 13.2 Å². The molecule has 1 fully saturated rings. The highest BCUT2D eigenvalue weighted by Gasteiger charge is 2.21. The molecule has 1 aromatic carbocycles. The van der Waals surface area contributed by atoms with Crippen LogP contribution in [0.15, 0.2) is 24.3 Å². The fourth-order valence-corrected chi connectivity index (χ4v) is 1.24. The van der Waals surface area contributed by atoms with Crippen molar-refractivity contribution in [1.82, 2.24) is 5.32 Å². The zero-order chi connectivity index (χ0) is 9.97. The van der Waals surface area contributed by atoms with E-state index in [9.17, 15) is 4.79 Å². The van der Waals surface area contributed by atoms with E-state index in [2.05, 4.69) is 5.32 Å². The Kier molecular flexibility index (Phi) is 2.37. The van der Waals surface area contributed by atoms with Crippen molar-refractivity contribution in [3.05, 3.63) is 29.8 Å². The van der Waals surface area contributed by atoms with Crippen LogP contribution in [0.3, 0.4) is 0 Å². The molecule has 0 radical (unpaired) electrons. The lowest BCUT2D eigenvalue weighted by molar-refractivity contribution is -0.139. The van der Waals surface area contributed by atoms with E-state index in [1.807, 2.05) is 12.1 Å². The Labute approximate surface area is 81.5 Å². The summed E-state index contributed by atoms with van der Waals surface area (Å²) in [5, 5.41) is 11.6. The van der Waals surface area contributed by atoms with Crippen LogP contribution in [0, 0.1) is 0 Å². The molecule has 2 rings (SSSR count). The number of aliphatic carboxylic acids is 1. The summed E-state index contributed by atoms with van der Waals surface area (Å²) < 4.78 is 5.00. The number of carboxylic acids is 1. The molecule has 0 aromatic heterocycles. The van der Waals surface area contributed by atoms with Crippen LogP contribution in [0.1, 0.15) is 11.6 Å². The zero-order valence-electron chi connectivity index (χ0n) is 7.56. The topological polar surface area (TPSA) is 68.5 Å². The molecule has 14 heavy (non-hydrogen) atoms. The minimum absolute atomic E-state index is 0.291. The SMILES string of the molecule is O=C(O)COc1ccc([C@H]2CN2)cc1. The molecular formula is C10H11NO3. The minimum atomic E-state index is -0.960. The van der Waals surface area contributed by atoms with Crippen LogP contribution < -0.4 is 10.1 Å². The van der Waals surface area contributed by atoms with Crippen molar-refractivity contribution in [2.45, 2.75) is 6.04 Å². The number of nitrogens with one attached hydrogen (secondary N) is 1. The van der Waals surface area contributed by atoms with Gasteiger partial charge in [-0.25, -0.2) is 4.79 Å². The Bertz CT molecular complexity index is 330. The largest absolute Gasteiger partial charge is 0.482 e. The fraction of sp³-hybridized carbons (Fsp3) is 0.300. The Morgan fingerprint density at radius 1 is 1.50 bits per heavy atom. The number of hydrogen-bond acceptors (Lipinski definition) is 3. The van der Waals surface area contributed by atoms with Crippen LogP contribution in [-0.4, -0.2) is 24.2 Å². The molecule has 74 valence electrons. The molecule has 1 atom stereocenters. The van der Waals surface area contributed by atoms with E-state index in [0.717, 1.165) is 6.54 Å². The van der Waals surface area contributed by atoms with Gasteiger partial charge in [0.15, 0.2) is 6.61 Å². The van der Waals surface area contributed by atoms with Crippen molar-refractivity contribution < 1.29 is 14.6 Å². The summed E-state index contributed by atoms with van der Waals surface area (Å²) in [6.07, 6.45) is 0. The summed E-state index contributed by atoms with van der Waals surface area (Å²) in [5.74, 6) is -0.366. The summed E-state index contributed by atoms with van der Waals surface area (Å²) in [4.78, 5) is 10.2. The first kappa shape index (κ1) is 9.02. The normalized spacial score (nSPS) is 19.0. The second-order valence-electron chi connectivity index (χ2n) is 3.21. The number of benzene rings is 1. The van der Waals surface area contributed by atoms with Gasteiger partial charge < -0.3 is 15.2 Å². The van der Waals surface area contributed by atoms with E-state index in [4.69, 9.17) is 9.84 Å². The number of carbonyl (C=O) groups is 1. The van der Waals surface area contributed by atoms with Gasteiger partial charge in [0.25, 0.3) is 0 Å². The molecule has 0 amide bonds. The van der Waals surface area contributed by atoms with Crippen LogP contribution in [-0.2, 0) is 4.79 Å². The summed E-state index contributed by atoms with van der Waals surface area (Å²) in [6.45, 7) is 0.732. The summed E-state index contributed by atoms with van der Waals surface area (Å²) in [6, 6.07) is 7.95. The average molecular weight is 193 g/mol. The Hall–Kier alpha value is -1.55. The van der Waals surface area contributed by atoms with Gasteiger partial charge in [0.05, 0.1) is 0 Å². The molecular weight excluding hydrogens is 182 g/mol. The predicted molar refractivity (Wildman–Crippen MR) is 50.3 cm³/mol. The average Bonchev–Trinajstić information content (AvgIpc) is 2.99. The van der Waals surface area contributed by atoms with E-state index in [1.54, 1.807) is 12.1 Å². The van der Waals surface area contributed by atoms with E-state index in [-0.39, 0.29) is 6.61 Å². The minimum Gasteiger partial charge on any atom is -0.482 e. The lowest BCUT2D eigenvalue weighted by Crippen LogP contribution is -2.09. The van der Waals surface area contributed by atoms with Crippen molar-refractivity contribution in [3.63, 3.8) is 0 Å². The van der Waals surface area contributed by atoms with Crippen LogP contribution in [0.25, 0.3) is 0 Å². The Balaban J connectivity index is 1.95. The molecule has 1 saturated heterocycles. The maximum atomic E-state index is 10.2. The molecule has 1 aliphatic heterocycles. The maximum Gasteiger partial charge on any atom is 0.341 e. The highest BCUT2D eigenvalue weighted by Crippen LogP contribution is 2.23. The smallest absolute Gasteiger partial charge is 0.341 e. The van der Waals surface area contributed by atoms with Gasteiger partial charge in [-0.3, -0.25) is 0 Å². The standard InChI is InChI=1S/C10H11NO3/c12-10(13)6-14-8-3-1-7(2-4-8)9-5-11-9/h1-4,9,11H,5-6H2,(H,12,13)/t9-/m1/s1. The highest BCUT2D eigenvalue weighted by molar-refractivity contribution is 5.68. The number of ether oxygens (including phenoxy) is 1. The van der Waals surface area contributed by atoms with Crippen LogP contribution in [0.2, 0.25) is 0 Å². The molecule has 0 spiro atoms. The summed E-state index contributed by atoms with van der Waals surface area (Å²) in [5.41, 5.74) is 1.22. The van der Waals surface area contributed by atoms with Crippen molar-refractivity contribution in [1.29, 1.82) is 0 Å². The molecule has 0 aliphatic carbocycles. The van der Waals surface area contributed by atoms with Crippen molar-refractivity contribution in [3.8, 4) is 5.75 Å². The molecule has 2 N–H and O–H groups in total. The van der Waals surface area contributed by atoms with Gasteiger partial charge in [-0.15, -0.1) is 0 Å². The fourth-order valence-electron chi connectivity index (χ4n) is 1.24. The summed E-state index contributed by atoms with van der Waals surface area (Å²) >= 11 is 0. The van der Waals surface area contributed by atoms with Gasteiger partial charge in [-0.2, -0.15) is 0 Å². The molecule has 0 bridgehead atoms. The third-order valence-corrected chi connectivity index (χ3v) is 2.05. The van der Waals surface area contributed by atoms with E-state index in [1.165, 1.54) is 5.56 Å². The van der Waals surface area contributed by atoms with E-state index >= 15 is 0 Å². The first-order valence-electron chi connectivity index (χ1n) is 4.43. The molecule has 0 saturated carbocycles. The predicted octanol–water partition coefficient (Wildman–Crippen LogP) is 0.794. The van der Waals surface area contributed by atoms with Gasteiger partial charge in [0.1, 0.15) is 5.75 Å². The second kappa shape index (κ2) is 3.67. The third-order valence-electron chi connectivity index (χ3n) is 2.05. The van der Waals surface area contributed by atoms with Gasteiger partial charge >= 0.3 is 5.97 Å². The Morgan fingerprint density at radius 3 is 2.64 bits per heavy atom. The molecule has 1 heterocycles. The van der Waals surface area contributed by atoms with Crippen molar-refractivity contribution in [2.24, 2.45) is 0 Å². The number of hydrogen-bond donors (Lipinski definition) is 2. The van der Waals surface area contributed by atoms with Crippen LogP contribution in [0.5, 0.6) is 5.75 Å². The van der Waals surface area contributed by atoms with Gasteiger partial charge in [-0.05, 0) is 17.7 Å². The molecule has 0 unspecified atom stereocenters. The van der Waals surface area contributed by atoms with Crippen molar-refractivity contribution >= 4 is 5.97 Å². The highest BCUT2D eigenvalue weighted by atomic mass is 16.5. The summed E-state index contributed by atoms with van der Waals surface area (Å²) in [7, 11) is 0. The first-order chi connectivity index (χ1) is 6.75. The molecule has 1 aromatic rings. The second-order valence-corrected chi connectivity index (χ2v) is 3.21. The monoisotopic (exact) mass is 193 g/mol. The third kappa shape index (κ3) is 2.23. The number of carboxylic acid groups (broad SMARTS) is 1. The van der Waals surface area contributed by atoms with E-state index < -0.39 is 5.97 Å². The van der Waals surface area contributed by atoms with Gasteiger partial charge in [0.2, 0.25) is 0 Å². The van der Waals surface area contributed by atoms with E-state index in [0.29, 0.717) is 11.8 Å². The molecule has 1 aliphatic rings. The number of rotatable bonds is 4. The van der Waals surface area contributed by atoms with Gasteiger partial charge in [-0.1, -0.05) is 12.1 Å². The lowest BCUT2D eigenvalue weighted by Gasteiger charge is -2.03. The van der Waals surface area contributed by atoms with Gasteiger partial charge in [0, 0.05) is 12.6 Å². The maximum absolute atomic E-state index is 10.2. The quantitative estimate of drug-likeness (QED) is 0.694. The Morgan fingerprint density at radius 2 is 2.14 bits per heavy atom. The molecule has 4 nitrogen and oxygen atoms in total. The van der Waals surface area contributed by atoms with Crippen LogP contribution in [0.4, 0.5) is 0 Å².